The van der Waals surface area contributed by atoms with E-state index < -0.39 is 0 Å². The van der Waals surface area contributed by atoms with E-state index in [0.717, 1.165) is 11.1 Å². The highest BCUT2D eigenvalue weighted by molar-refractivity contribution is 5.95. The van der Waals surface area contributed by atoms with Crippen LogP contribution in [0.15, 0.2) is 60.8 Å². The lowest BCUT2D eigenvalue weighted by Gasteiger charge is -2.05. The molecule has 8 nitrogen and oxygen atoms in total. The lowest BCUT2D eigenvalue weighted by atomic mass is 10.1. The Bertz CT molecular complexity index is 1300. The molecule has 0 saturated heterocycles. The van der Waals surface area contributed by atoms with Gasteiger partial charge in [-0.05, 0) is 29.8 Å². The van der Waals surface area contributed by atoms with Gasteiger partial charge in [-0.25, -0.2) is 14.6 Å². The van der Waals surface area contributed by atoms with Gasteiger partial charge in [0.05, 0.1) is 35.8 Å². The molecule has 4 rings (SSSR count). The Hall–Kier alpha value is -4.38. The summed E-state index contributed by atoms with van der Waals surface area (Å²) >= 11 is 0. The lowest BCUT2D eigenvalue weighted by molar-refractivity contribution is 0.0988. The van der Waals surface area contributed by atoms with Crippen LogP contribution in [0.4, 0.5) is 5.95 Å². The summed E-state index contributed by atoms with van der Waals surface area (Å²) in [6, 6.07) is 18.5. The fourth-order valence-corrected chi connectivity index (χ4v) is 3.22. The van der Waals surface area contributed by atoms with E-state index >= 15 is 0 Å². The van der Waals surface area contributed by atoms with Gasteiger partial charge in [-0.1, -0.05) is 42.5 Å². The number of rotatable bonds is 6. The van der Waals surface area contributed by atoms with Gasteiger partial charge in [-0.2, -0.15) is 5.26 Å². The van der Waals surface area contributed by atoms with Crippen LogP contribution in [0.5, 0.6) is 0 Å². The minimum Gasteiger partial charge on any atom is -0.368 e. The van der Waals surface area contributed by atoms with Crippen molar-refractivity contribution in [2.45, 2.75) is 19.9 Å². The van der Waals surface area contributed by atoms with Crippen LogP contribution in [0, 0.1) is 11.3 Å². The number of nitrogen functional groups attached to an aromatic ring is 1. The first-order valence-corrected chi connectivity index (χ1v) is 9.73. The number of ketones is 1. The van der Waals surface area contributed by atoms with E-state index in [2.05, 4.69) is 26.3 Å². The number of carbonyl (C=O) groups is 1. The molecule has 0 spiro atoms. The van der Waals surface area contributed by atoms with Crippen molar-refractivity contribution in [2.75, 3.05) is 5.73 Å². The fraction of sp³-hybridized carbons (Fsp3) is 0.130. The number of hydrogen-bond acceptors (Lipinski definition) is 7. The molecular weight excluding hydrogens is 390 g/mol. The third-order valence-electron chi connectivity index (χ3n) is 4.75. The maximum Gasteiger partial charge on any atom is 0.221 e. The first-order valence-electron chi connectivity index (χ1n) is 9.73. The van der Waals surface area contributed by atoms with E-state index in [1.807, 2.05) is 37.3 Å². The third-order valence-corrected chi connectivity index (χ3v) is 4.75. The highest BCUT2D eigenvalue weighted by Crippen LogP contribution is 2.24. The smallest absolute Gasteiger partial charge is 0.221 e. The molecule has 31 heavy (non-hydrogen) atoms. The molecule has 0 amide bonds. The van der Waals surface area contributed by atoms with Gasteiger partial charge < -0.3 is 5.73 Å². The summed E-state index contributed by atoms with van der Waals surface area (Å²) in [5.41, 5.74) is 10.5. The molecule has 0 bridgehead atoms. The number of benzene rings is 2. The largest absolute Gasteiger partial charge is 0.368 e. The number of nitriles is 1. The maximum absolute atomic E-state index is 11.9. The summed E-state index contributed by atoms with van der Waals surface area (Å²) in [6.07, 6.45) is 2.23. The summed E-state index contributed by atoms with van der Waals surface area (Å²) in [5, 5.41) is 17.5. The summed E-state index contributed by atoms with van der Waals surface area (Å²) in [6.45, 7) is 2.31. The van der Waals surface area contributed by atoms with Crippen molar-refractivity contribution in [2.24, 2.45) is 0 Å². The van der Waals surface area contributed by atoms with Gasteiger partial charge in [0.15, 0.2) is 5.78 Å². The zero-order valence-corrected chi connectivity index (χ0v) is 16.9. The zero-order valence-electron chi connectivity index (χ0n) is 16.9. The molecule has 8 heteroatoms. The summed E-state index contributed by atoms with van der Waals surface area (Å²) in [7, 11) is 0. The van der Waals surface area contributed by atoms with Gasteiger partial charge >= 0.3 is 0 Å². The van der Waals surface area contributed by atoms with Crippen LogP contribution in [-0.4, -0.2) is 30.7 Å². The average molecular weight is 409 g/mol. The minimum absolute atomic E-state index is 0.102. The normalized spacial score (nSPS) is 10.6. The van der Waals surface area contributed by atoms with Crippen LogP contribution in [0.3, 0.4) is 0 Å². The van der Waals surface area contributed by atoms with E-state index in [1.165, 1.54) is 0 Å². The van der Waals surface area contributed by atoms with Gasteiger partial charge in [0, 0.05) is 17.5 Å². The van der Waals surface area contributed by atoms with E-state index in [-0.39, 0.29) is 11.7 Å². The molecule has 0 fully saturated rings. The molecule has 2 heterocycles. The standard InChI is InChI=1S/C23H19N7O/c1-2-22(31)18-8-4-6-16(10-18)13-30-14-21(28-29-30)20-11-19(26-23(25)27-20)17-7-3-5-15(9-17)12-24/h3-11,14H,2,13H2,1H3,(H2,25,26,27). The Morgan fingerprint density at radius 2 is 1.87 bits per heavy atom. The predicted molar refractivity (Wildman–Crippen MR) is 116 cm³/mol. The monoisotopic (exact) mass is 409 g/mol. The second-order valence-electron chi connectivity index (χ2n) is 6.97. The van der Waals surface area contributed by atoms with Crippen LogP contribution >= 0.6 is 0 Å². The van der Waals surface area contributed by atoms with Crippen molar-refractivity contribution in [1.82, 2.24) is 25.0 Å². The average Bonchev–Trinajstić information content (AvgIpc) is 3.27. The van der Waals surface area contributed by atoms with E-state index in [4.69, 9.17) is 11.0 Å². The molecule has 152 valence electrons. The Labute approximate surface area is 179 Å². The van der Waals surface area contributed by atoms with Gasteiger partial charge in [0.1, 0.15) is 5.69 Å². The number of aromatic nitrogens is 5. The third kappa shape index (κ3) is 4.46. The van der Waals surface area contributed by atoms with Crippen LogP contribution in [-0.2, 0) is 6.54 Å². The minimum atomic E-state index is 0.102. The fourth-order valence-electron chi connectivity index (χ4n) is 3.22. The molecule has 2 aromatic heterocycles. The number of nitrogens with zero attached hydrogens (tertiary/aromatic N) is 6. The highest BCUT2D eigenvalue weighted by Gasteiger charge is 2.12. The number of anilines is 1. The molecule has 0 saturated carbocycles. The Morgan fingerprint density at radius 1 is 1.06 bits per heavy atom. The van der Waals surface area contributed by atoms with Gasteiger partial charge in [0.2, 0.25) is 5.95 Å². The van der Waals surface area contributed by atoms with Gasteiger partial charge in [-0.3, -0.25) is 4.79 Å². The maximum atomic E-state index is 11.9. The van der Waals surface area contributed by atoms with Crippen molar-refractivity contribution in [1.29, 1.82) is 5.26 Å². The molecule has 0 atom stereocenters. The zero-order chi connectivity index (χ0) is 21.8. The molecular formula is C23H19N7O. The van der Waals surface area contributed by atoms with Crippen molar-refractivity contribution >= 4 is 11.7 Å². The molecule has 4 aromatic rings. The first-order chi connectivity index (χ1) is 15.1. The van der Waals surface area contributed by atoms with Crippen LogP contribution in [0.25, 0.3) is 22.6 Å². The van der Waals surface area contributed by atoms with Crippen LogP contribution in [0.1, 0.15) is 34.8 Å². The first kappa shape index (κ1) is 19.9. The molecule has 0 aliphatic heterocycles. The van der Waals surface area contributed by atoms with Gasteiger partial charge in [0.25, 0.3) is 0 Å². The molecule has 0 radical (unpaired) electrons. The number of Topliss-reactive ketones (excluding diaryl/α,β-unsaturated/α-hetero) is 1. The number of hydrogen-bond donors (Lipinski definition) is 1. The molecule has 0 aliphatic rings. The summed E-state index contributed by atoms with van der Waals surface area (Å²) in [4.78, 5) is 20.5. The quantitative estimate of drug-likeness (QED) is 0.483. The Kier molecular flexibility index (Phi) is 5.49. The predicted octanol–water partition coefficient (Wildman–Crippen LogP) is 3.50. The lowest BCUT2D eigenvalue weighted by Crippen LogP contribution is -2.03. The van der Waals surface area contributed by atoms with E-state index in [1.54, 1.807) is 35.1 Å². The van der Waals surface area contributed by atoms with E-state index in [0.29, 0.717) is 41.2 Å². The second-order valence-corrected chi connectivity index (χ2v) is 6.97. The van der Waals surface area contributed by atoms with E-state index in [9.17, 15) is 4.79 Å². The molecule has 2 aromatic carbocycles. The van der Waals surface area contributed by atoms with Crippen LogP contribution in [0.2, 0.25) is 0 Å². The molecule has 0 aliphatic carbocycles. The van der Waals surface area contributed by atoms with Gasteiger partial charge in [-0.15, -0.1) is 5.10 Å². The van der Waals surface area contributed by atoms with Crippen LogP contribution < -0.4 is 5.73 Å². The molecule has 0 unspecified atom stereocenters. The topological polar surface area (TPSA) is 123 Å². The van der Waals surface area contributed by atoms with Crippen molar-refractivity contribution < 1.29 is 4.79 Å². The van der Waals surface area contributed by atoms with Crippen molar-refractivity contribution in [3.05, 3.63) is 77.5 Å². The number of carbonyl (C=O) groups excluding carboxylic acids is 1. The Morgan fingerprint density at radius 3 is 2.68 bits per heavy atom. The summed E-state index contributed by atoms with van der Waals surface area (Å²) in [5.74, 6) is 0.209. The number of nitrogens with two attached hydrogens (primary N) is 1. The van der Waals surface area contributed by atoms with Crippen molar-refractivity contribution in [3.8, 4) is 28.7 Å². The highest BCUT2D eigenvalue weighted by atomic mass is 16.1. The molecule has 2 N–H and O–H groups in total. The SMILES string of the molecule is CCC(=O)c1cccc(Cn2cc(-c3cc(-c4cccc(C#N)c4)nc(N)n3)nn2)c1. The second kappa shape index (κ2) is 8.55. The Balaban J connectivity index is 1.61. The summed E-state index contributed by atoms with van der Waals surface area (Å²) < 4.78 is 1.68. The van der Waals surface area contributed by atoms with Crippen molar-refractivity contribution in [3.63, 3.8) is 0 Å².